The molecule has 0 saturated carbocycles. The van der Waals surface area contributed by atoms with Crippen LogP contribution in [0.3, 0.4) is 0 Å². The lowest BCUT2D eigenvalue weighted by molar-refractivity contribution is 0.102. The summed E-state index contributed by atoms with van der Waals surface area (Å²) in [6, 6.07) is 2.94. The lowest BCUT2D eigenvalue weighted by Gasteiger charge is -2.11. The van der Waals surface area contributed by atoms with Crippen LogP contribution >= 0.6 is 0 Å². The van der Waals surface area contributed by atoms with Crippen molar-refractivity contribution in [2.45, 2.75) is 13.8 Å². The van der Waals surface area contributed by atoms with E-state index >= 15 is 0 Å². The maximum Gasteiger partial charge on any atom is 0.259 e. The standard InChI is InChI=1S/C14H15FN4O/c1-3-17-13-11(6-10(15)7-18-13)14(20)19-12-8-16-5-4-9(12)2/h4-8H,3H2,1-2H3,(H,17,18)(H,19,20). The summed E-state index contributed by atoms with van der Waals surface area (Å²) >= 11 is 0. The first-order valence-electron chi connectivity index (χ1n) is 6.23. The molecule has 104 valence electrons. The van der Waals surface area contributed by atoms with E-state index in [1.165, 1.54) is 0 Å². The van der Waals surface area contributed by atoms with Gasteiger partial charge < -0.3 is 10.6 Å². The summed E-state index contributed by atoms with van der Waals surface area (Å²) in [5.41, 5.74) is 1.63. The molecule has 0 aliphatic rings. The molecular formula is C14H15FN4O. The van der Waals surface area contributed by atoms with Gasteiger partial charge in [-0.25, -0.2) is 9.37 Å². The van der Waals surface area contributed by atoms with Gasteiger partial charge in [-0.3, -0.25) is 9.78 Å². The van der Waals surface area contributed by atoms with Gasteiger partial charge in [0, 0.05) is 12.7 Å². The fourth-order valence-corrected chi connectivity index (χ4v) is 1.71. The van der Waals surface area contributed by atoms with Crippen LogP contribution in [0.4, 0.5) is 15.9 Å². The highest BCUT2D eigenvalue weighted by Crippen LogP contribution is 2.17. The van der Waals surface area contributed by atoms with Crippen molar-refractivity contribution in [1.29, 1.82) is 0 Å². The average Bonchev–Trinajstić information content (AvgIpc) is 2.43. The van der Waals surface area contributed by atoms with E-state index in [9.17, 15) is 9.18 Å². The van der Waals surface area contributed by atoms with Gasteiger partial charge in [-0.1, -0.05) is 0 Å². The second kappa shape index (κ2) is 6.10. The highest BCUT2D eigenvalue weighted by atomic mass is 19.1. The molecule has 0 atom stereocenters. The summed E-state index contributed by atoms with van der Waals surface area (Å²) in [6.45, 7) is 4.31. The molecule has 2 aromatic rings. The summed E-state index contributed by atoms with van der Waals surface area (Å²) < 4.78 is 13.3. The van der Waals surface area contributed by atoms with E-state index in [-0.39, 0.29) is 5.56 Å². The minimum atomic E-state index is -0.556. The predicted molar refractivity (Wildman–Crippen MR) is 75.3 cm³/mol. The zero-order chi connectivity index (χ0) is 14.5. The van der Waals surface area contributed by atoms with Crippen molar-refractivity contribution in [2.24, 2.45) is 0 Å². The van der Waals surface area contributed by atoms with Crippen LogP contribution in [0.2, 0.25) is 0 Å². The van der Waals surface area contributed by atoms with Crippen molar-refractivity contribution >= 4 is 17.4 Å². The highest BCUT2D eigenvalue weighted by Gasteiger charge is 2.14. The van der Waals surface area contributed by atoms with Crippen molar-refractivity contribution in [2.75, 3.05) is 17.2 Å². The largest absolute Gasteiger partial charge is 0.370 e. The minimum Gasteiger partial charge on any atom is -0.370 e. The molecule has 2 N–H and O–H groups in total. The van der Waals surface area contributed by atoms with Crippen LogP contribution in [0.15, 0.2) is 30.7 Å². The van der Waals surface area contributed by atoms with Gasteiger partial charge in [0.25, 0.3) is 5.91 Å². The smallest absolute Gasteiger partial charge is 0.259 e. The normalized spacial score (nSPS) is 10.2. The molecule has 0 aliphatic heterocycles. The molecule has 0 unspecified atom stereocenters. The molecule has 5 nitrogen and oxygen atoms in total. The molecule has 0 fully saturated rings. The third-order valence-electron chi connectivity index (χ3n) is 2.73. The molecule has 0 bridgehead atoms. The molecule has 20 heavy (non-hydrogen) atoms. The van der Waals surface area contributed by atoms with Crippen LogP contribution in [-0.4, -0.2) is 22.4 Å². The van der Waals surface area contributed by atoms with Crippen molar-refractivity contribution in [3.05, 3.63) is 47.7 Å². The Morgan fingerprint density at radius 2 is 2.20 bits per heavy atom. The first kappa shape index (κ1) is 13.9. The van der Waals surface area contributed by atoms with Gasteiger partial charge in [-0.15, -0.1) is 0 Å². The summed E-state index contributed by atoms with van der Waals surface area (Å²) in [5.74, 6) is -0.628. The average molecular weight is 274 g/mol. The fourth-order valence-electron chi connectivity index (χ4n) is 1.71. The van der Waals surface area contributed by atoms with E-state index in [4.69, 9.17) is 0 Å². The number of nitrogens with one attached hydrogen (secondary N) is 2. The number of hydrogen-bond donors (Lipinski definition) is 2. The van der Waals surface area contributed by atoms with Crippen molar-refractivity contribution in [3.63, 3.8) is 0 Å². The van der Waals surface area contributed by atoms with E-state index in [1.54, 1.807) is 18.5 Å². The molecule has 0 aromatic carbocycles. The molecule has 1 amide bonds. The van der Waals surface area contributed by atoms with Crippen LogP contribution in [0.25, 0.3) is 0 Å². The number of nitrogens with zero attached hydrogens (tertiary/aromatic N) is 2. The number of rotatable bonds is 4. The van der Waals surface area contributed by atoms with E-state index in [0.717, 1.165) is 17.8 Å². The van der Waals surface area contributed by atoms with Gasteiger partial charge in [0.05, 0.1) is 23.6 Å². The van der Waals surface area contributed by atoms with Gasteiger partial charge in [0.2, 0.25) is 0 Å². The third kappa shape index (κ3) is 3.09. The molecule has 0 radical (unpaired) electrons. The quantitative estimate of drug-likeness (QED) is 0.899. The number of anilines is 2. The fraction of sp³-hybridized carbons (Fsp3) is 0.214. The van der Waals surface area contributed by atoms with Gasteiger partial charge in [-0.2, -0.15) is 0 Å². The first-order valence-corrected chi connectivity index (χ1v) is 6.23. The lowest BCUT2D eigenvalue weighted by Crippen LogP contribution is -2.17. The number of aromatic nitrogens is 2. The predicted octanol–water partition coefficient (Wildman–Crippen LogP) is 2.61. The molecule has 6 heteroatoms. The van der Waals surface area contributed by atoms with E-state index in [1.807, 2.05) is 13.8 Å². The Morgan fingerprint density at radius 1 is 1.40 bits per heavy atom. The first-order chi connectivity index (χ1) is 9.61. The van der Waals surface area contributed by atoms with Gasteiger partial charge in [0.1, 0.15) is 11.6 Å². The number of aryl methyl sites for hydroxylation is 1. The molecule has 0 saturated heterocycles. The van der Waals surface area contributed by atoms with Crippen LogP contribution in [-0.2, 0) is 0 Å². The SMILES string of the molecule is CCNc1ncc(F)cc1C(=O)Nc1cnccc1C. The number of halogens is 1. The minimum absolute atomic E-state index is 0.162. The Morgan fingerprint density at radius 3 is 2.90 bits per heavy atom. The lowest BCUT2D eigenvalue weighted by atomic mass is 10.2. The topological polar surface area (TPSA) is 66.9 Å². The van der Waals surface area contributed by atoms with Gasteiger partial charge in [0.15, 0.2) is 0 Å². The second-order valence-corrected chi connectivity index (χ2v) is 4.22. The summed E-state index contributed by atoms with van der Waals surface area (Å²) in [4.78, 5) is 20.1. The molecule has 2 heterocycles. The number of carbonyl (C=O) groups is 1. The summed E-state index contributed by atoms with van der Waals surface area (Å²) in [6.07, 6.45) is 4.26. The Kier molecular flexibility index (Phi) is 4.24. The molecule has 0 spiro atoms. The Hall–Kier alpha value is -2.50. The number of pyridine rings is 2. The Labute approximate surface area is 116 Å². The third-order valence-corrected chi connectivity index (χ3v) is 2.73. The van der Waals surface area contributed by atoms with Crippen molar-refractivity contribution in [3.8, 4) is 0 Å². The maximum absolute atomic E-state index is 13.3. The molecule has 2 rings (SSSR count). The summed E-state index contributed by atoms with van der Waals surface area (Å²) in [5, 5.41) is 5.63. The van der Waals surface area contributed by atoms with Crippen LogP contribution < -0.4 is 10.6 Å². The molecular weight excluding hydrogens is 259 g/mol. The Balaban J connectivity index is 2.29. The molecule has 0 aliphatic carbocycles. The van der Waals surface area contributed by atoms with Gasteiger partial charge >= 0.3 is 0 Å². The molecule has 2 aromatic heterocycles. The maximum atomic E-state index is 13.3. The van der Waals surface area contributed by atoms with E-state index in [2.05, 4.69) is 20.6 Å². The second-order valence-electron chi connectivity index (χ2n) is 4.22. The van der Waals surface area contributed by atoms with Crippen LogP contribution in [0.5, 0.6) is 0 Å². The Bertz CT molecular complexity index is 630. The van der Waals surface area contributed by atoms with Crippen molar-refractivity contribution < 1.29 is 9.18 Å². The number of amides is 1. The van der Waals surface area contributed by atoms with Gasteiger partial charge in [-0.05, 0) is 31.5 Å². The number of carbonyl (C=O) groups excluding carboxylic acids is 1. The summed E-state index contributed by atoms with van der Waals surface area (Å²) in [7, 11) is 0. The van der Waals surface area contributed by atoms with Crippen molar-refractivity contribution in [1.82, 2.24) is 9.97 Å². The highest BCUT2D eigenvalue weighted by molar-refractivity contribution is 6.07. The van der Waals surface area contributed by atoms with E-state index < -0.39 is 11.7 Å². The van der Waals surface area contributed by atoms with Crippen LogP contribution in [0.1, 0.15) is 22.8 Å². The zero-order valence-corrected chi connectivity index (χ0v) is 11.3. The number of hydrogen-bond acceptors (Lipinski definition) is 4. The monoisotopic (exact) mass is 274 g/mol. The zero-order valence-electron chi connectivity index (χ0n) is 11.3. The van der Waals surface area contributed by atoms with E-state index in [0.29, 0.717) is 18.1 Å². The van der Waals surface area contributed by atoms with Crippen LogP contribution in [0, 0.1) is 12.7 Å².